The van der Waals surface area contributed by atoms with Crippen LogP contribution in [0.3, 0.4) is 0 Å². The highest BCUT2D eigenvalue weighted by atomic mass is 16.5. The van der Waals surface area contributed by atoms with E-state index < -0.39 is 0 Å². The Labute approximate surface area is 101 Å². The Morgan fingerprint density at radius 1 is 1.25 bits per heavy atom. The van der Waals surface area contributed by atoms with E-state index in [2.05, 4.69) is 37.9 Å². The van der Waals surface area contributed by atoms with Crippen molar-refractivity contribution < 1.29 is 4.74 Å². The second-order valence-corrected chi connectivity index (χ2v) is 5.15. The largest absolute Gasteiger partial charge is 0.379 e. The molecule has 0 aromatic rings. The molecule has 16 heavy (non-hydrogen) atoms. The summed E-state index contributed by atoms with van der Waals surface area (Å²) in [6, 6.07) is 0.584. The van der Waals surface area contributed by atoms with Crippen LogP contribution in [0.15, 0.2) is 0 Å². The molecule has 0 aliphatic carbocycles. The number of rotatable bonds is 6. The SMILES string of the molecule is CCCC(NCC)C(C)(C)N1CCOCC1. The molecule has 1 heterocycles. The van der Waals surface area contributed by atoms with Crippen LogP contribution in [0.1, 0.15) is 40.5 Å². The van der Waals surface area contributed by atoms with Gasteiger partial charge in [0, 0.05) is 24.7 Å². The van der Waals surface area contributed by atoms with Gasteiger partial charge in [-0.3, -0.25) is 4.90 Å². The van der Waals surface area contributed by atoms with Crippen molar-refractivity contribution in [2.24, 2.45) is 0 Å². The van der Waals surface area contributed by atoms with Gasteiger partial charge in [0.25, 0.3) is 0 Å². The molecule has 1 saturated heterocycles. The van der Waals surface area contributed by atoms with Gasteiger partial charge in [-0.25, -0.2) is 0 Å². The summed E-state index contributed by atoms with van der Waals surface area (Å²) in [5, 5.41) is 3.64. The normalized spacial score (nSPS) is 21.0. The van der Waals surface area contributed by atoms with Crippen molar-refractivity contribution in [2.75, 3.05) is 32.8 Å². The Balaban J connectivity index is 2.61. The molecule has 1 unspecified atom stereocenters. The standard InChI is InChI=1S/C13H28N2O/c1-5-7-12(14-6-2)13(3,4)15-8-10-16-11-9-15/h12,14H,5-11H2,1-4H3. The zero-order valence-corrected chi connectivity index (χ0v) is 11.4. The first-order valence-corrected chi connectivity index (χ1v) is 6.69. The number of nitrogens with one attached hydrogen (secondary N) is 1. The lowest BCUT2D eigenvalue weighted by Crippen LogP contribution is -2.60. The molecule has 1 N–H and O–H groups in total. The van der Waals surface area contributed by atoms with Gasteiger partial charge in [-0.1, -0.05) is 20.3 Å². The number of nitrogens with zero attached hydrogens (tertiary/aromatic N) is 1. The lowest BCUT2D eigenvalue weighted by Gasteiger charge is -2.46. The van der Waals surface area contributed by atoms with E-state index in [9.17, 15) is 0 Å². The molecule has 3 heteroatoms. The van der Waals surface area contributed by atoms with Gasteiger partial charge in [-0.2, -0.15) is 0 Å². The highest BCUT2D eigenvalue weighted by molar-refractivity contribution is 4.93. The molecular formula is C13H28N2O. The molecule has 0 aromatic carbocycles. The zero-order valence-electron chi connectivity index (χ0n) is 11.4. The van der Waals surface area contributed by atoms with E-state index in [1.165, 1.54) is 12.8 Å². The van der Waals surface area contributed by atoms with Gasteiger partial charge >= 0.3 is 0 Å². The molecule has 1 aliphatic heterocycles. The fourth-order valence-corrected chi connectivity index (χ4v) is 2.60. The van der Waals surface area contributed by atoms with Crippen LogP contribution in [-0.4, -0.2) is 49.3 Å². The van der Waals surface area contributed by atoms with Gasteiger partial charge in [-0.15, -0.1) is 0 Å². The minimum atomic E-state index is 0.232. The monoisotopic (exact) mass is 228 g/mol. The van der Waals surface area contributed by atoms with Crippen molar-refractivity contribution in [2.45, 2.75) is 52.1 Å². The maximum absolute atomic E-state index is 5.43. The Morgan fingerprint density at radius 3 is 2.38 bits per heavy atom. The van der Waals surface area contributed by atoms with Gasteiger partial charge in [0.1, 0.15) is 0 Å². The molecule has 1 fully saturated rings. The van der Waals surface area contributed by atoms with Crippen LogP contribution in [-0.2, 0) is 4.74 Å². The third-order valence-corrected chi connectivity index (χ3v) is 3.71. The summed E-state index contributed by atoms with van der Waals surface area (Å²) < 4.78 is 5.43. The number of hydrogen-bond acceptors (Lipinski definition) is 3. The molecule has 3 nitrogen and oxygen atoms in total. The summed E-state index contributed by atoms with van der Waals surface area (Å²) in [7, 11) is 0. The second-order valence-electron chi connectivity index (χ2n) is 5.15. The summed E-state index contributed by atoms with van der Waals surface area (Å²) in [6.07, 6.45) is 2.49. The molecule has 0 spiro atoms. The highest BCUT2D eigenvalue weighted by Gasteiger charge is 2.34. The number of morpholine rings is 1. The summed E-state index contributed by atoms with van der Waals surface area (Å²) in [5.74, 6) is 0. The third-order valence-electron chi connectivity index (χ3n) is 3.71. The van der Waals surface area contributed by atoms with E-state index >= 15 is 0 Å². The van der Waals surface area contributed by atoms with Crippen molar-refractivity contribution in [3.05, 3.63) is 0 Å². The maximum Gasteiger partial charge on any atom is 0.0594 e. The van der Waals surface area contributed by atoms with E-state index in [1.807, 2.05) is 0 Å². The highest BCUT2D eigenvalue weighted by Crippen LogP contribution is 2.23. The first kappa shape index (κ1) is 13.9. The summed E-state index contributed by atoms with van der Waals surface area (Å²) in [5.41, 5.74) is 0.232. The van der Waals surface area contributed by atoms with Crippen molar-refractivity contribution in [1.82, 2.24) is 10.2 Å². The van der Waals surface area contributed by atoms with E-state index in [0.29, 0.717) is 6.04 Å². The first-order chi connectivity index (χ1) is 7.62. The van der Waals surface area contributed by atoms with Crippen LogP contribution in [0.4, 0.5) is 0 Å². The molecule has 0 saturated carbocycles. The van der Waals surface area contributed by atoms with Crippen LogP contribution in [0, 0.1) is 0 Å². The predicted octanol–water partition coefficient (Wildman–Crippen LogP) is 1.88. The molecule has 1 aliphatic rings. The van der Waals surface area contributed by atoms with Crippen LogP contribution in [0.25, 0.3) is 0 Å². The van der Waals surface area contributed by atoms with Crippen LogP contribution >= 0.6 is 0 Å². The van der Waals surface area contributed by atoms with Gasteiger partial charge < -0.3 is 10.1 Å². The van der Waals surface area contributed by atoms with Gasteiger partial charge in [0.15, 0.2) is 0 Å². The molecule has 96 valence electrons. The predicted molar refractivity (Wildman–Crippen MR) is 68.8 cm³/mol. The summed E-state index contributed by atoms with van der Waals surface area (Å²) in [4.78, 5) is 2.57. The molecule has 0 aromatic heterocycles. The van der Waals surface area contributed by atoms with E-state index in [4.69, 9.17) is 4.74 Å². The second kappa shape index (κ2) is 6.58. The summed E-state index contributed by atoms with van der Waals surface area (Å²) in [6.45, 7) is 14.1. The van der Waals surface area contributed by atoms with Crippen molar-refractivity contribution in [3.63, 3.8) is 0 Å². The Bertz CT molecular complexity index is 182. The fraction of sp³-hybridized carbons (Fsp3) is 1.00. The topological polar surface area (TPSA) is 24.5 Å². The van der Waals surface area contributed by atoms with E-state index in [0.717, 1.165) is 32.8 Å². The molecule has 1 atom stereocenters. The number of ether oxygens (including phenoxy) is 1. The Hall–Kier alpha value is -0.120. The van der Waals surface area contributed by atoms with Gasteiger partial charge in [0.2, 0.25) is 0 Å². The molecular weight excluding hydrogens is 200 g/mol. The molecule has 0 bridgehead atoms. The Morgan fingerprint density at radius 2 is 1.88 bits per heavy atom. The smallest absolute Gasteiger partial charge is 0.0594 e. The first-order valence-electron chi connectivity index (χ1n) is 6.69. The van der Waals surface area contributed by atoms with Crippen LogP contribution < -0.4 is 5.32 Å². The fourth-order valence-electron chi connectivity index (χ4n) is 2.60. The lowest BCUT2D eigenvalue weighted by atomic mass is 9.88. The third kappa shape index (κ3) is 3.44. The number of likely N-dealkylation sites (N-methyl/N-ethyl adjacent to an activating group) is 1. The molecule has 0 radical (unpaired) electrons. The van der Waals surface area contributed by atoms with Crippen molar-refractivity contribution in [3.8, 4) is 0 Å². The average molecular weight is 228 g/mol. The van der Waals surface area contributed by atoms with E-state index in [1.54, 1.807) is 0 Å². The molecule has 0 amide bonds. The van der Waals surface area contributed by atoms with Crippen molar-refractivity contribution in [1.29, 1.82) is 0 Å². The molecule has 1 rings (SSSR count). The minimum Gasteiger partial charge on any atom is -0.379 e. The quantitative estimate of drug-likeness (QED) is 0.751. The number of hydrogen-bond donors (Lipinski definition) is 1. The van der Waals surface area contributed by atoms with Crippen LogP contribution in [0.5, 0.6) is 0 Å². The Kier molecular flexibility index (Phi) is 5.73. The van der Waals surface area contributed by atoms with Crippen molar-refractivity contribution >= 4 is 0 Å². The zero-order chi connectivity index (χ0) is 12.0. The van der Waals surface area contributed by atoms with Gasteiger partial charge in [0.05, 0.1) is 13.2 Å². The summed E-state index contributed by atoms with van der Waals surface area (Å²) >= 11 is 0. The van der Waals surface area contributed by atoms with E-state index in [-0.39, 0.29) is 5.54 Å². The van der Waals surface area contributed by atoms with Crippen LogP contribution in [0.2, 0.25) is 0 Å². The minimum absolute atomic E-state index is 0.232. The average Bonchev–Trinajstić information content (AvgIpc) is 2.30. The maximum atomic E-state index is 5.43. The van der Waals surface area contributed by atoms with Gasteiger partial charge in [-0.05, 0) is 26.8 Å². The lowest BCUT2D eigenvalue weighted by molar-refractivity contribution is -0.0242.